The summed E-state index contributed by atoms with van der Waals surface area (Å²) >= 11 is 0. The topological polar surface area (TPSA) is 221 Å². The number of Topliss-reactive ketones (excluding diaryl/α,β-unsaturated/α-hetero) is 1. The lowest BCUT2D eigenvalue weighted by atomic mass is 9.81. The van der Waals surface area contributed by atoms with Crippen molar-refractivity contribution in [2.24, 2.45) is 11.7 Å². The molecule has 4 aromatic rings. The number of carbonyl (C=O) groups is 5. The van der Waals surface area contributed by atoms with Gasteiger partial charge in [0.15, 0.2) is 11.4 Å². The molecule has 16 nitrogen and oxygen atoms in total. The number of nitrogens with one attached hydrogen (secondary N) is 2. The third-order valence-corrected chi connectivity index (χ3v) is 12.2. The molecule has 62 heavy (non-hydrogen) atoms. The fourth-order valence-electron chi connectivity index (χ4n) is 8.32. The number of aromatic nitrogens is 2. The number of esters is 1. The highest BCUT2D eigenvalue weighted by Gasteiger charge is 2.46. The van der Waals surface area contributed by atoms with Gasteiger partial charge in [-0.25, -0.2) is 19.0 Å². The quantitative estimate of drug-likeness (QED) is 0.0932. The molecule has 2 aliphatic heterocycles. The second kappa shape index (κ2) is 17.4. The second-order valence-corrected chi connectivity index (χ2v) is 16.7. The fourth-order valence-corrected chi connectivity index (χ4v) is 8.32. The van der Waals surface area contributed by atoms with Crippen LogP contribution in [0, 0.1) is 18.7 Å². The van der Waals surface area contributed by atoms with Crippen molar-refractivity contribution in [2.45, 2.75) is 104 Å². The summed E-state index contributed by atoms with van der Waals surface area (Å²) in [5.41, 5.74) is 8.85. The van der Waals surface area contributed by atoms with Gasteiger partial charge in [-0.3, -0.25) is 24.1 Å². The van der Waals surface area contributed by atoms with Gasteiger partial charge in [0, 0.05) is 36.0 Å². The summed E-state index contributed by atoms with van der Waals surface area (Å²) in [7, 11) is 1.46. The first kappa shape index (κ1) is 44.0. The number of ketones is 1. The number of rotatable bonds is 14. The van der Waals surface area contributed by atoms with Crippen LogP contribution in [-0.4, -0.2) is 81.7 Å². The third kappa shape index (κ3) is 8.19. The van der Waals surface area contributed by atoms with Crippen molar-refractivity contribution in [3.8, 4) is 11.4 Å². The molecule has 4 atom stereocenters. The monoisotopic (exact) mass is 854 g/mol. The largest absolute Gasteiger partial charge is 0.458 e. The Labute approximate surface area is 356 Å². The lowest BCUT2D eigenvalue weighted by Crippen LogP contribution is -2.49. The fraction of sp³-hybridized carbons (Fsp3) is 0.444. The minimum absolute atomic E-state index is 0.0216. The Morgan fingerprint density at radius 2 is 1.81 bits per heavy atom. The summed E-state index contributed by atoms with van der Waals surface area (Å²) in [6, 6.07) is 7.90. The van der Waals surface area contributed by atoms with Gasteiger partial charge in [-0.1, -0.05) is 45.0 Å². The van der Waals surface area contributed by atoms with Gasteiger partial charge in [0.05, 0.1) is 47.1 Å². The highest BCUT2D eigenvalue weighted by Crippen LogP contribution is 2.46. The van der Waals surface area contributed by atoms with E-state index in [-0.39, 0.29) is 68.1 Å². The van der Waals surface area contributed by atoms with E-state index in [1.807, 2.05) is 13.8 Å². The summed E-state index contributed by atoms with van der Waals surface area (Å²) in [5.74, 6) is -2.37. The van der Waals surface area contributed by atoms with E-state index in [4.69, 9.17) is 24.9 Å². The number of ether oxygens (including phenoxy) is 3. The van der Waals surface area contributed by atoms with E-state index in [9.17, 15) is 33.9 Å². The number of carbonyl (C=O) groups excluding carboxylic acids is 5. The number of nitrogens with two attached hydrogens (primary N) is 1. The number of halogens is 1. The number of cyclic esters (lactones) is 1. The number of hydrogen-bond acceptors (Lipinski definition) is 12. The third-order valence-electron chi connectivity index (χ3n) is 12.2. The van der Waals surface area contributed by atoms with Crippen LogP contribution in [0.4, 0.5) is 9.18 Å². The minimum Gasteiger partial charge on any atom is -0.458 e. The van der Waals surface area contributed by atoms with Crippen molar-refractivity contribution in [2.75, 3.05) is 20.4 Å². The second-order valence-electron chi connectivity index (χ2n) is 16.7. The molecule has 328 valence electrons. The standard InChI is InChI=1S/C45H51FN6O10/c1-7-45(59)30-15-34-40-28(17-52(34)42(56)29(30)19-61-43(45)57)38-32(13-12-27-23(4)31(46)16-33(50-40)37(27)38)49-36(54)20-60-21-51(6)44(58)62-18-26-10-8-25(9-11-26)14-35(53)24(5)48-41(55)39(47)22(2)3/h8-11,15-16,22,24,32,39,59H,7,12-14,17-21,47H2,1-6H3,(H,48,55)(H,49,54)/t24-,32-,39-,45-/m0/s1. The molecule has 0 unspecified atom stereocenters. The molecule has 0 fully saturated rings. The maximum atomic E-state index is 15.3. The molecule has 17 heteroatoms. The van der Waals surface area contributed by atoms with E-state index in [1.165, 1.54) is 22.6 Å². The van der Waals surface area contributed by atoms with Crippen molar-refractivity contribution in [3.05, 3.63) is 97.1 Å². The first-order valence-corrected chi connectivity index (χ1v) is 20.7. The molecule has 5 N–H and O–H groups in total. The van der Waals surface area contributed by atoms with Crippen LogP contribution in [0.2, 0.25) is 0 Å². The number of aliphatic hydroxyl groups is 1. The van der Waals surface area contributed by atoms with Gasteiger partial charge in [-0.2, -0.15) is 0 Å². The van der Waals surface area contributed by atoms with Gasteiger partial charge in [0.25, 0.3) is 5.56 Å². The van der Waals surface area contributed by atoms with Crippen LogP contribution in [0.1, 0.15) is 91.1 Å². The summed E-state index contributed by atoms with van der Waals surface area (Å²) in [6.45, 7) is 7.68. The Bertz CT molecular complexity index is 2560. The number of pyridine rings is 2. The lowest BCUT2D eigenvalue weighted by Gasteiger charge is -2.31. The maximum absolute atomic E-state index is 15.3. The van der Waals surface area contributed by atoms with E-state index in [1.54, 1.807) is 51.1 Å². The smallest absolute Gasteiger partial charge is 0.411 e. The van der Waals surface area contributed by atoms with E-state index >= 15 is 4.39 Å². The maximum Gasteiger partial charge on any atom is 0.411 e. The molecule has 1 aliphatic carbocycles. The summed E-state index contributed by atoms with van der Waals surface area (Å²) in [6.07, 6.45) is 0.248. The van der Waals surface area contributed by atoms with Crippen molar-refractivity contribution < 1.29 is 47.7 Å². The van der Waals surface area contributed by atoms with Crippen LogP contribution in [0.15, 0.2) is 41.2 Å². The van der Waals surface area contributed by atoms with Crippen LogP contribution in [0.25, 0.3) is 22.3 Å². The predicted octanol–water partition coefficient (Wildman–Crippen LogP) is 3.47. The molecule has 0 spiro atoms. The SMILES string of the molecule is CC[C@@]1(O)C(=O)OCc2c1cc1n(c2=O)Cc2c-1nc1cc(F)c(C)c3c1c2[C@@H](NC(=O)COCN(C)C(=O)OCc1ccc(CC(=O)[C@H](C)NC(=O)[C@@H](N)C(C)C)cc1)CC3. The van der Waals surface area contributed by atoms with E-state index in [0.717, 1.165) is 11.1 Å². The van der Waals surface area contributed by atoms with Crippen LogP contribution in [0.3, 0.4) is 0 Å². The Balaban J connectivity index is 0.975. The molecule has 3 amide bonds. The van der Waals surface area contributed by atoms with Crippen molar-refractivity contribution >= 4 is 40.6 Å². The zero-order valence-electron chi connectivity index (χ0n) is 35.6. The van der Waals surface area contributed by atoms with E-state index in [0.29, 0.717) is 57.4 Å². The Hall–Kier alpha value is -6.04. The van der Waals surface area contributed by atoms with Crippen molar-refractivity contribution in [1.29, 1.82) is 0 Å². The Kier molecular flexibility index (Phi) is 12.3. The Morgan fingerprint density at radius 3 is 2.50 bits per heavy atom. The molecular formula is C45H51FN6O10. The number of hydrogen-bond donors (Lipinski definition) is 4. The van der Waals surface area contributed by atoms with Gasteiger partial charge >= 0.3 is 12.1 Å². The molecule has 0 radical (unpaired) electrons. The molecule has 2 aromatic carbocycles. The minimum atomic E-state index is -2.02. The zero-order valence-corrected chi connectivity index (χ0v) is 35.6. The van der Waals surface area contributed by atoms with E-state index < -0.39 is 59.7 Å². The van der Waals surface area contributed by atoms with E-state index in [2.05, 4.69) is 10.6 Å². The van der Waals surface area contributed by atoms with Crippen LogP contribution in [-0.2, 0) is 71.6 Å². The molecule has 0 saturated carbocycles. The number of amides is 3. The summed E-state index contributed by atoms with van der Waals surface area (Å²) in [4.78, 5) is 83.7. The van der Waals surface area contributed by atoms with Gasteiger partial charge < -0.3 is 40.3 Å². The highest BCUT2D eigenvalue weighted by molar-refractivity contribution is 5.94. The average Bonchev–Trinajstić information content (AvgIpc) is 3.62. The molecule has 0 bridgehead atoms. The normalized spacial score (nSPS) is 18.3. The lowest BCUT2D eigenvalue weighted by molar-refractivity contribution is -0.172. The van der Waals surface area contributed by atoms with Crippen molar-refractivity contribution in [3.63, 3.8) is 0 Å². The van der Waals surface area contributed by atoms with Gasteiger partial charge in [0.2, 0.25) is 11.8 Å². The molecule has 0 saturated heterocycles. The summed E-state index contributed by atoms with van der Waals surface area (Å²) in [5, 5.41) is 17.7. The Morgan fingerprint density at radius 1 is 1.10 bits per heavy atom. The molecule has 3 aliphatic rings. The van der Waals surface area contributed by atoms with Gasteiger partial charge in [-0.05, 0) is 72.9 Å². The highest BCUT2D eigenvalue weighted by atomic mass is 19.1. The van der Waals surface area contributed by atoms with Gasteiger partial charge in [0.1, 0.15) is 32.4 Å². The average molecular weight is 855 g/mol. The molecular weight excluding hydrogens is 804 g/mol. The first-order chi connectivity index (χ1) is 29.4. The van der Waals surface area contributed by atoms with Gasteiger partial charge in [-0.15, -0.1) is 0 Å². The predicted molar refractivity (Wildman–Crippen MR) is 223 cm³/mol. The van der Waals surface area contributed by atoms with Crippen molar-refractivity contribution in [1.82, 2.24) is 25.1 Å². The summed E-state index contributed by atoms with van der Waals surface area (Å²) < 4.78 is 33.0. The van der Waals surface area contributed by atoms with Crippen LogP contribution in [0.5, 0.6) is 0 Å². The van der Waals surface area contributed by atoms with Crippen LogP contribution >= 0.6 is 0 Å². The molecule has 2 aromatic heterocycles. The number of benzene rings is 2. The van der Waals surface area contributed by atoms with Crippen LogP contribution < -0.4 is 21.9 Å². The molecule has 4 heterocycles. The number of fused-ring (bicyclic) bond motifs is 5. The number of aryl methyl sites for hydroxylation is 1. The number of nitrogens with zero attached hydrogens (tertiary/aromatic N) is 3. The molecule has 7 rings (SSSR count). The zero-order chi connectivity index (χ0) is 44.8. The first-order valence-electron chi connectivity index (χ1n) is 20.7.